The van der Waals surface area contributed by atoms with Gasteiger partial charge in [0.2, 0.25) is 0 Å². The second-order valence-corrected chi connectivity index (χ2v) is 7.32. The van der Waals surface area contributed by atoms with Crippen LogP contribution in [-0.2, 0) is 6.42 Å². The predicted octanol–water partition coefficient (Wildman–Crippen LogP) is 4.20. The lowest BCUT2D eigenvalue weighted by molar-refractivity contribution is 0.0988. The molecule has 6 heteroatoms. The Morgan fingerprint density at radius 1 is 1.19 bits per heavy atom. The number of carbonyl (C=O) groups excluding carboxylic acids is 1. The third-order valence-corrected chi connectivity index (χ3v) is 4.75. The monoisotopic (exact) mass is 364 g/mol. The van der Waals surface area contributed by atoms with Crippen LogP contribution in [0.3, 0.4) is 0 Å². The zero-order valence-corrected chi connectivity index (χ0v) is 15.5. The number of hydrogen-bond donors (Lipinski definition) is 1. The van der Waals surface area contributed by atoms with Gasteiger partial charge in [-0.15, -0.1) is 0 Å². The molecule has 0 saturated heterocycles. The third-order valence-electron chi connectivity index (χ3n) is 4.75. The Morgan fingerprint density at radius 2 is 1.93 bits per heavy atom. The van der Waals surface area contributed by atoms with Gasteiger partial charge in [-0.05, 0) is 49.1 Å². The maximum atomic E-state index is 13.5. The fourth-order valence-electron chi connectivity index (χ4n) is 3.61. The van der Waals surface area contributed by atoms with Gasteiger partial charge in [-0.2, -0.15) is 5.10 Å². The first-order valence-electron chi connectivity index (χ1n) is 9.05. The van der Waals surface area contributed by atoms with Crippen LogP contribution in [0.5, 0.6) is 0 Å². The number of pyridine rings is 1. The van der Waals surface area contributed by atoms with E-state index in [0.717, 1.165) is 28.9 Å². The van der Waals surface area contributed by atoms with Crippen LogP contribution >= 0.6 is 0 Å². The van der Waals surface area contributed by atoms with E-state index in [1.165, 1.54) is 12.1 Å². The van der Waals surface area contributed by atoms with Crippen molar-refractivity contribution in [2.75, 3.05) is 4.90 Å². The van der Waals surface area contributed by atoms with Crippen molar-refractivity contribution in [1.82, 2.24) is 15.2 Å². The van der Waals surface area contributed by atoms with Crippen molar-refractivity contribution in [2.45, 2.75) is 33.2 Å². The highest BCUT2D eigenvalue weighted by atomic mass is 19.1. The number of aryl methyl sites for hydroxylation is 1. The number of halogens is 1. The van der Waals surface area contributed by atoms with E-state index in [9.17, 15) is 9.18 Å². The molecule has 3 heterocycles. The summed E-state index contributed by atoms with van der Waals surface area (Å²) in [6, 6.07) is 11.5. The van der Waals surface area contributed by atoms with Gasteiger partial charge in [0.25, 0.3) is 5.91 Å². The first kappa shape index (κ1) is 17.4. The number of carbonyl (C=O) groups is 1. The molecular weight excluding hydrogens is 343 g/mol. The first-order valence-corrected chi connectivity index (χ1v) is 9.05. The molecule has 0 spiro atoms. The Balaban J connectivity index is 1.89. The zero-order chi connectivity index (χ0) is 19.1. The third kappa shape index (κ3) is 3.01. The van der Waals surface area contributed by atoms with Gasteiger partial charge in [0.15, 0.2) is 0 Å². The summed E-state index contributed by atoms with van der Waals surface area (Å²) in [5, 5.41) is 7.32. The van der Waals surface area contributed by atoms with Gasteiger partial charge in [-0.3, -0.25) is 14.8 Å². The molecule has 1 aromatic carbocycles. The Hall–Kier alpha value is -3.02. The lowest BCUT2D eigenvalue weighted by Crippen LogP contribution is -2.30. The summed E-state index contributed by atoms with van der Waals surface area (Å²) >= 11 is 0. The summed E-state index contributed by atoms with van der Waals surface area (Å²) in [6.07, 6.45) is 0.756. The summed E-state index contributed by atoms with van der Waals surface area (Å²) in [5.41, 5.74) is 3.89. The van der Waals surface area contributed by atoms with E-state index in [1.807, 2.05) is 25.1 Å². The average Bonchev–Trinajstić information content (AvgIpc) is 3.15. The molecule has 3 aromatic rings. The molecule has 0 fully saturated rings. The number of anilines is 1. The summed E-state index contributed by atoms with van der Waals surface area (Å²) in [5.74, 6) is 0.500. The second kappa shape index (κ2) is 6.61. The van der Waals surface area contributed by atoms with Crippen LogP contribution in [0.15, 0.2) is 42.5 Å². The normalized spacial score (nSPS) is 16.3. The number of hydrogen-bond acceptors (Lipinski definition) is 3. The van der Waals surface area contributed by atoms with Gasteiger partial charge in [-0.25, -0.2) is 9.37 Å². The standard InChI is InChI=1S/C21H21FN4O/c1-12(2)11-16-18-19(25-24-16)21(27)26(17-6-4-5-13(3)23-17)20(18)14-7-9-15(22)10-8-14/h4-10,12,20H,11H2,1-3H3,(H,24,25). The highest BCUT2D eigenvalue weighted by Crippen LogP contribution is 2.42. The van der Waals surface area contributed by atoms with Crippen molar-refractivity contribution in [1.29, 1.82) is 0 Å². The minimum absolute atomic E-state index is 0.167. The fourth-order valence-corrected chi connectivity index (χ4v) is 3.61. The Kier molecular flexibility index (Phi) is 4.26. The second-order valence-electron chi connectivity index (χ2n) is 7.32. The highest BCUT2D eigenvalue weighted by Gasteiger charge is 2.43. The lowest BCUT2D eigenvalue weighted by Gasteiger charge is -2.26. The molecular formula is C21H21FN4O. The van der Waals surface area contributed by atoms with E-state index in [2.05, 4.69) is 29.0 Å². The van der Waals surface area contributed by atoms with Crippen LogP contribution in [0.1, 0.15) is 52.9 Å². The highest BCUT2D eigenvalue weighted by molar-refractivity contribution is 6.10. The smallest absolute Gasteiger partial charge is 0.278 e. The van der Waals surface area contributed by atoms with Gasteiger partial charge in [0.1, 0.15) is 17.3 Å². The maximum Gasteiger partial charge on any atom is 0.278 e. The summed E-state index contributed by atoms with van der Waals surface area (Å²) in [6.45, 7) is 6.12. The molecule has 1 unspecified atom stereocenters. The van der Waals surface area contributed by atoms with E-state index in [4.69, 9.17) is 0 Å². The molecule has 5 nitrogen and oxygen atoms in total. The van der Waals surface area contributed by atoms with Gasteiger partial charge in [-0.1, -0.05) is 32.0 Å². The van der Waals surface area contributed by atoms with E-state index >= 15 is 0 Å². The van der Waals surface area contributed by atoms with Crippen molar-refractivity contribution >= 4 is 11.7 Å². The molecule has 2 aromatic heterocycles. The van der Waals surface area contributed by atoms with Crippen LogP contribution in [0, 0.1) is 18.7 Å². The maximum absolute atomic E-state index is 13.5. The van der Waals surface area contributed by atoms with Crippen LogP contribution in [0.4, 0.5) is 10.2 Å². The SMILES string of the molecule is Cc1cccc(N2C(=O)c3[nH]nc(CC(C)C)c3C2c2ccc(F)cc2)n1. The number of benzene rings is 1. The molecule has 0 radical (unpaired) electrons. The molecule has 1 aliphatic heterocycles. The molecule has 1 atom stereocenters. The number of aromatic nitrogens is 3. The number of nitrogens with one attached hydrogen (secondary N) is 1. The van der Waals surface area contributed by atoms with Crippen LogP contribution in [0.25, 0.3) is 0 Å². The number of fused-ring (bicyclic) bond motifs is 1. The molecule has 1 N–H and O–H groups in total. The topological polar surface area (TPSA) is 61.9 Å². The number of nitrogens with zero attached hydrogens (tertiary/aromatic N) is 3. The van der Waals surface area contributed by atoms with E-state index in [0.29, 0.717) is 17.4 Å². The zero-order valence-electron chi connectivity index (χ0n) is 15.5. The van der Waals surface area contributed by atoms with Crippen LogP contribution < -0.4 is 4.90 Å². The minimum atomic E-state index is -0.380. The number of rotatable bonds is 4. The summed E-state index contributed by atoms with van der Waals surface area (Å²) in [4.78, 5) is 19.4. The predicted molar refractivity (Wildman–Crippen MR) is 101 cm³/mol. The van der Waals surface area contributed by atoms with Gasteiger partial charge in [0.05, 0.1) is 11.7 Å². The minimum Gasteiger partial charge on any atom is -0.279 e. The Labute approximate surface area is 157 Å². The largest absolute Gasteiger partial charge is 0.279 e. The van der Waals surface area contributed by atoms with Crippen molar-refractivity contribution in [3.8, 4) is 0 Å². The number of amides is 1. The molecule has 1 aliphatic rings. The molecule has 0 aliphatic carbocycles. The Morgan fingerprint density at radius 3 is 2.59 bits per heavy atom. The summed E-state index contributed by atoms with van der Waals surface area (Å²) in [7, 11) is 0. The van der Waals surface area contributed by atoms with E-state index in [-0.39, 0.29) is 17.8 Å². The van der Waals surface area contributed by atoms with Gasteiger partial charge in [0, 0.05) is 11.3 Å². The molecule has 0 bridgehead atoms. The van der Waals surface area contributed by atoms with Crippen molar-refractivity contribution in [3.63, 3.8) is 0 Å². The van der Waals surface area contributed by atoms with Gasteiger partial charge >= 0.3 is 0 Å². The molecule has 138 valence electrons. The fraction of sp³-hybridized carbons (Fsp3) is 0.286. The molecule has 1 amide bonds. The van der Waals surface area contributed by atoms with Crippen molar-refractivity contribution < 1.29 is 9.18 Å². The van der Waals surface area contributed by atoms with E-state index in [1.54, 1.807) is 17.0 Å². The first-order chi connectivity index (χ1) is 13.0. The quantitative estimate of drug-likeness (QED) is 0.755. The number of H-pyrrole nitrogens is 1. The molecule has 27 heavy (non-hydrogen) atoms. The van der Waals surface area contributed by atoms with Gasteiger partial charge < -0.3 is 0 Å². The van der Waals surface area contributed by atoms with E-state index < -0.39 is 0 Å². The molecule has 4 rings (SSSR count). The average molecular weight is 364 g/mol. The van der Waals surface area contributed by atoms with Crippen molar-refractivity contribution in [2.24, 2.45) is 5.92 Å². The summed E-state index contributed by atoms with van der Waals surface area (Å²) < 4.78 is 13.5. The Bertz CT molecular complexity index is 994. The van der Waals surface area contributed by atoms with Crippen LogP contribution in [-0.4, -0.2) is 21.1 Å². The van der Waals surface area contributed by atoms with Crippen LogP contribution in [0.2, 0.25) is 0 Å². The van der Waals surface area contributed by atoms with Crippen molar-refractivity contribution in [3.05, 3.63) is 76.5 Å². The molecule has 0 saturated carbocycles. The lowest BCUT2D eigenvalue weighted by atomic mass is 9.95. The number of aromatic amines is 1.